The average Bonchev–Trinajstić information content (AvgIpc) is 2.53. The fourth-order valence-electron chi connectivity index (χ4n) is 3.38. The lowest BCUT2D eigenvalue weighted by Crippen LogP contribution is -2.31. The smallest absolute Gasteiger partial charge is 0.360 e. The van der Waals surface area contributed by atoms with Crippen LogP contribution in [0.5, 0.6) is 0 Å². The van der Waals surface area contributed by atoms with Gasteiger partial charge in [0.15, 0.2) is 0 Å². The summed E-state index contributed by atoms with van der Waals surface area (Å²) >= 11 is 0. The van der Waals surface area contributed by atoms with Crippen molar-refractivity contribution in [3.63, 3.8) is 0 Å². The molecule has 0 aromatic heterocycles. The van der Waals surface area contributed by atoms with E-state index in [-0.39, 0.29) is 26.6 Å². The van der Waals surface area contributed by atoms with Crippen molar-refractivity contribution in [2.75, 3.05) is 0 Å². The van der Waals surface area contributed by atoms with Crippen molar-refractivity contribution in [3.05, 3.63) is 27.7 Å². The van der Waals surface area contributed by atoms with Gasteiger partial charge in [-0.25, -0.2) is 8.42 Å². The Labute approximate surface area is 144 Å². The Morgan fingerprint density at radius 3 is 2.29 bits per heavy atom. The van der Waals surface area contributed by atoms with Gasteiger partial charge in [-0.3, -0.25) is 0 Å². The van der Waals surface area contributed by atoms with Crippen molar-refractivity contribution >= 4 is 30.0 Å². The maximum Gasteiger partial charge on any atom is 0.388 e. The van der Waals surface area contributed by atoms with Gasteiger partial charge in [0, 0.05) is 5.92 Å². The summed E-state index contributed by atoms with van der Waals surface area (Å²) in [7, 11) is -6.54. The topological polar surface area (TPSA) is 105 Å². The second-order valence-electron chi connectivity index (χ2n) is 6.45. The summed E-state index contributed by atoms with van der Waals surface area (Å²) in [6.07, 6.45) is 5.36. The quantitative estimate of drug-likeness (QED) is 0.245. The lowest BCUT2D eigenvalue weighted by atomic mass is 9.90. The first-order valence-electron chi connectivity index (χ1n) is 8.04. The highest BCUT2D eigenvalue weighted by atomic mass is 32.2. The molecule has 132 valence electrons. The summed E-state index contributed by atoms with van der Waals surface area (Å²) in [4.78, 5) is 3.08. The number of sulfone groups is 1. The van der Waals surface area contributed by atoms with Gasteiger partial charge in [0.05, 0.1) is 15.7 Å². The molecule has 8 heteroatoms. The van der Waals surface area contributed by atoms with Crippen LogP contribution in [-0.2, 0) is 20.1 Å². The Morgan fingerprint density at radius 1 is 1.21 bits per heavy atom. The van der Waals surface area contributed by atoms with Crippen LogP contribution in [0.25, 0.3) is 5.53 Å². The monoisotopic (exact) mass is 370 g/mol. The highest BCUT2D eigenvalue weighted by Crippen LogP contribution is 2.34. The van der Waals surface area contributed by atoms with Crippen molar-refractivity contribution in [1.82, 2.24) is 0 Å². The molecule has 0 saturated heterocycles. The van der Waals surface area contributed by atoms with E-state index in [0.717, 1.165) is 19.3 Å². The van der Waals surface area contributed by atoms with Crippen LogP contribution in [0, 0.1) is 11.8 Å². The molecule has 0 heterocycles. The molecule has 0 bridgehead atoms. The molecule has 24 heavy (non-hydrogen) atoms. The van der Waals surface area contributed by atoms with E-state index in [2.05, 4.69) is 4.79 Å². The van der Waals surface area contributed by atoms with Gasteiger partial charge in [0.1, 0.15) is 0 Å². The van der Waals surface area contributed by atoms with Gasteiger partial charge in [-0.1, -0.05) is 31.8 Å². The molecule has 1 unspecified atom stereocenters. The Bertz CT molecular complexity index is 888. The Morgan fingerprint density at radius 2 is 1.79 bits per heavy atom. The van der Waals surface area contributed by atoms with E-state index in [9.17, 15) is 22.4 Å². The van der Waals surface area contributed by atoms with Gasteiger partial charge >= 0.3 is 5.04 Å². The van der Waals surface area contributed by atoms with Crippen LogP contribution in [0.3, 0.4) is 0 Å². The average molecular weight is 370 g/mol. The van der Waals surface area contributed by atoms with Gasteiger partial charge < -0.3 is 5.53 Å². The number of nitrogens with zero attached hydrogens (tertiary/aromatic N) is 2. The maximum atomic E-state index is 13.0. The summed E-state index contributed by atoms with van der Waals surface area (Å²) < 4.78 is 49.0. The van der Waals surface area contributed by atoms with Gasteiger partial charge in [0.25, 0.3) is 9.84 Å². The molecule has 6 nitrogen and oxygen atoms in total. The highest BCUT2D eigenvalue weighted by Gasteiger charge is 2.42. The zero-order valence-corrected chi connectivity index (χ0v) is 15.7. The first-order valence-corrected chi connectivity index (χ1v) is 10.6. The van der Waals surface area contributed by atoms with Gasteiger partial charge in [0.2, 0.25) is 10.3 Å². The summed E-state index contributed by atoms with van der Waals surface area (Å²) in [6.45, 7) is 5.12. The number of hydrogen-bond donors (Lipinski definition) is 0. The summed E-state index contributed by atoms with van der Waals surface area (Å²) in [5.74, 6) is -0.685. The predicted octanol–water partition coefficient (Wildman–Crippen LogP) is 2.53. The van der Waals surface area contributed by atoms with Gasteiger partial charge in [-0.05, 0) is 38.3 Å². The lowest BCUT2D eigenvalue weighted by molar-refractivity contribution is -0.00894. The summed E-state index contributed by atoms with van der Waals surface area (Å²) in [5.41, 5.74) is 10.6. The molecule has 2 rings (SSSR count). The van der Waals surface area contributed by atoms with Crippen LogP contribution in [0.15, 0.2) is 22.1 Å². The fourth-order valence-corrected chi connectivity index (χ4v) is 5.99. The van der Waals surface area contributed by atoms with Crippen molar-refractivity contribution in [1.29, 1.82) is 0 Å². The van der Waals surface area contributed by atoms with Crippen LogP contribution in [0.2, 0.25) is 0 Å². The molecular formula is C16H22N2O4S2. The largest absolute Gasteiger partial charge is 0.388 e. The maximum absolute atomic E-state index is 13.0. The van der Waals surface area contributed by atoms with E-state index < -0.39 is 20.1 Å². The molecule has 0 N–H and O–H groups in total. The molecule has 0 amide bonds. The van der Waals surface area contributed by atoms with Crippen LogP contribution < -0.4 is 0 Å². The normalized spacial score (nSPS) is 22.9. The standard InChI is InChI=1S/C16H22N2O4S2/c1-10-11(2)14(23(19)20)9-15(12(10)3)24(21,22)16(18-17)13-7-5-4-6-8-13/h9,11,13H,4-8H2,1-3H3. The second-order valence-corrected chi connectivity index (χ2v) is 9.26. The Balaban J connectivity index is 2.61. The van der Waals surface area contributed by atoms with Crippen LogP contribution >= 0.6 is 0 Å². The van der Waals surface area contributed by atoms with E-state index >= 15 is 0 Å². The molecule has 2 aliphatic carbocycles. The van der Waals surface area contributed by atoms with Gasteiger partial charge in [-0.2, -0.15) is 13.2 Å². The first kappa shape index (κ1) is 18.8. The van der Waals surface area contributed by atoms with E-state index in [0.29, 0.717) is 24.0 Å². The number of hydrogen-bond acceptors (Lipinski definition) is 4. The molecule has 0 aromatic rings. The molecule has 1 atom stereocenters. The molecule has 0 spiro atoms. The van der Waals surface area contributed by atoms with Gasteiger partial charge in [-0.15, -0.1) is 0 Å². The lowest BCUT2D eigenvalue weighted by Gasteiger charge is -2.23. The van der Waals surface area contributed by atoms with Crippen LogP contribution in [-0.4, -0.2) is 31.5 Å². The first-order chi connectivity index (χ1) is 11.2. The van der Waals surface area contributed by atoms with E-state index in [1.165, 1.54) is 6.08 Å². The molecule has 0 aliphatic heterocycles. The SMILES string of the molecule is CC1=C(C)C(C)C(=S(=O)=O)C=C1S(=O)(=O)C(=[N+]=[N-])C1CCCCC1. The number of rotatable bonds is 2. The molecule has 2 aliphatic rings. The van der Waals surface area contributed by atoms with Crippen molar-refractivity contribution in [2.24, 2.45) is 11.8 Å². The third-order valence-electron chi connectivity index (χ3n) is 5.12. The Hall–Kier alpha value is -1.50. The molecule has 1 fully saturated rings. The minimum Gasteiger partial charge on any atom is -0.360 e. The molecule has 1 saturated carbocycles. The Kier molecular flexibility index (Phi) is 5.63. The number of allylic oxidation sites excluding steroid dienone is 3. The summed E-state index contributed by atoms with van der Waals surface area (Å²) in [6, 6.07) is 0. The summed E-state index contributed by atoms with van der Waals surface area (Å²) in [5, 5.41) is -0.244. The van der Waals surface area contributed by atoms with Crippen LogP contribution in [0.4, 0.5) is 0 Å². The minimum atomic E-state index is -4.04. The van der Waals surface area contributed by atoms with Crippen molar-refractivity contribution in [2.45, 2.75) is 52.9 Å². The molecule has 0 radical (unpaired) electrons. The van der Waals surface area contributed by atoms with Crippen LogP contribution in [0.1, 0.15) is 52.9 Å². The zero-order chi connectivity index (χ0) is 18.1. The highest BCUT2D eigenvalue weighted by molar-refractivity contribution is 8.09. The fraction of sp³-hybridized carbons (Fsp3) is 0.625. The molecule has 0 aromatic carbocycles. The third kappa shape index (κ3) is 3.31. The van der Waals surface area contributed by atoms with Crippen molar-refractivity contribution in [3.8, 4) is 0 Å². The second kappa shape index (κ2) is 7.17. The third-order valence-corrected chi connectivity index (χ3v) is 7.95. The molecular weight excluding hydrogens is 348 g/mol. The van der Waals surface area contributed by atoms with E-state index in [4.69, 9.17) is 0 Å². The van der Waals surface area contributed by atoms with E-state index in [1.807, 2.05) is 0 Å². The van der Waals surface area contributed by atoms with E-state index in [1.54, 1.807) is 20.8 Å². The predicted molar refractivity (Wildman–Crippen MR) is 93.7 cm³/mol. The zero-order valence-electron chi connectivity index (χ0n) is 14.1. The van der Waals surface area contributed by atoms with Crippen molar-refractivity contribution < 1.29 is 21.6 Å². The minimum absolute atomic E-state index is 0.0395.